The van der Waals surface area contributed by atoms with Gasteiger partial charge in [0.05, 0.1) is 7.11 Å². The Morgan fingerprint density at radius 2 is 1.62 bits per heavy atom. The standard InChI is InChI=1S/C25H34N2O.ClH/c1-28-24-14-8-9-21(19-24)20-25(22-10-4-2-5-11-22)27-17-15-26(16-18-27)23-12-6-3-7-13-23;/h2,4-5,8-11,14,19,23,25H,3,6-7,12-13,15-18,20H2,1H3;1H. The van der Waals surface area contributed by atoms with Crippen molar-refractivity contribution in [2.24, 2.45) is 0 Å². The molecule has 4 heteroatoms. The van der Waals surface area contributed by atoms with E-state index < -0.39 is 0 Å². The number of halogens is 1. The van der Waals surface area contributed by atoms with Gasteiger partial charge in [0.1, 0.15) is 5.75 Å². The number of rotatable bonds is 6. The van der Waals surface area contributed by atoms with Gasteiger partial charge in [0.15, 0.2) is 0 Å². The number of methoxy groups -OCH3 is 1. The first-order chi connectivity index (χ1) is 13.8. The highest BCUT2D eigenvalue weighted by atomic mass is 35.5. The molecule has 1 unspecified atom stereocenters. The van der Waals surface area contributed by atoms with Crippen molar-refractivity contribution in [3.63, 3.8) is 0 Å². The highest BCUT2D eigenvalue weighted by Gasteiger charge is 2.29. The second-order valence-electron chi connectivity index (χ2n) is 8.35. The topological polar surface area (TPSA) is 15.7 Å². The zero-order chi connectivity index (χ0) is 19.2. The molecule has 0 spiro atoms. The quantitative estimate of drug-likeness (QED) is 0.633. The zero-order valence-electron chi connectivity index (χ0n) is 17.6. The van der Waals surface area contributed by atoms with E-state index in [0.717, 1.165) is 18.2 Å². The maximum Gasteiger partial charge on any atom is 0.119 e. The summed E-state index contributed by atoms with van der Waals surface area (Å²) in [6.45, 7) is 4.76. The molecule has 1 aliphatic carbocycles. The van der Waals surface area contributed by atoms with Gasteiger partial charge in [-0.25, -0.2) is 0 Å². The fraction of sp³-hybridized carbons (Fsp3) is 0.520. The Morgan fingerprint density at radius 1 is 0.897 bits per heavy atom. The van der Waals surface area contributed by atoms with Crippen molar-refractivity contribution in [3.05, 3.63) is 65.7 Å². The maximum atomic E-state index is 5.45. The Labute approximate surface area is 182 Å². The fourth-order valence-corrected chi connectivity index (χ4v) is 5.02. The monoisotopic (exact) mass is 414 g/mol. The van der Waals surface area contributed by atoms with Crippen LogP contribution in [-0.4, -0.2) is 49.1 Å². The lowest BCUT2D eigenvalue weighted by Crippen LogP contribution is -2.51. The van der Waals surface area contributed by atoms with E-state index in [0.29, 0.717) is 6.04 Å². The maximum absolute atomic E-state index is 5.45. The SMILES string of the molecule is COc1cccc(CC(c2ccccc2)N2CCN(C3CCCCC3)CC2)c1.Cl. The molecule has 4 rings (SSSR count). The van der Waals surface area contributed by atoms with Gasteiger partial charge in [-0.2, -0.15) is 0 Å². The molecule has 1 saturated heterocycles. The predicted octanol–water partition coefficient (Wildman–Crippen LogP) is 5.35. The Bertz CT molecular complexity index is 725. The number of piperazine rings is 1. The molecule has 2 fully saturated rings. The van der Waals surface area contributed by atoms with Gasteiger partial charge in [-0.05, 0) is 42.5 Å². The Balaban J connectivity index is 0.00000240. The van der Waals surface area contributed by atoms with Crippen molar-refractivity contribution >= 4 is 12.4 Å². The van der Waals surface area contributed by atoms with E-state index in [2.05, 4.69) is 58.3 Å². The first-order valence-corrected chi connectivity index (χ1v) is 11.0. The van der Waals surface area contributed by atoms with Crippen LogP contribution < -0.4 is 4.74 Å². The van der Waals surface area contributed by atoms with E-state index in [1.165, 1.54) is 69.4 Å². The van der Waals surface area contributed by atoms with E-state index >= 15 is 0 Å². The molecule has 29 heavy (non-hydrogen) atoms. The van der Waals surface area contributed by atoms with Gasteiger partial charge in [-0.15, -0.1) is 12.4 Å². The van der Waals surface area contributed by atoms with Crippen LogP contribution in [0, 0.1) is 0 Å². The minimum Gasteiger partial charge on any atom is -0.497 e. The molecule has 2 aromatic carbocycles. The first-order valence-electron chi connectivity index (χ1n) is 11.0. The third kappa shape index (κ3) is 5.75. The smallest absolute Gasteiger partial charge is 0.119 e. The molecular weight excluding hydrogens is 380 g/mol. The largest absolute Gasteiger partial charge is 0.497 e. The molecule has 1 atom stereocenters. The highest BCUT2D eigenvalue weighted by Crippen LogP contribution is 2.29. The number of hydrogen-bond donors (Lipinski definition) is 0. The lowest BCUT2D eigenvalue weighted by atomic mass is 9.93. The van der Waals surface area contributed by atoms with Gasteiger partial charge in [0, 0.05) is 38.3 Å². The molecule has 0 aromatic heterocycles. The Hall–Kier alpha value is -1.55. The summed E-state index contributed by atoms with van der Waals surface area (Å²) >= 11 is 0. The lowest BCUT2D eigenvalue weighted by Gasteiger charge is -2.43. The van der Waals surface area contributed by atoms with Crippen molar-refractivity contribution < 1.29 is 4.74 Å². The van der Waals surface area contributed by atoms with E-state index in [1.807, 2.05) is 6.07 Å². The molecule has 1 heterocycles. The molecule has 3 nitrogen and oxygen atoms in total. The van der Waals surface area contributed by atoms with Gasteiger partial charge in [-0.3, -0.25) is 9.80 Å². The van der Waals surface area contributed by atoms with Crippen LogP contribution in [0.25, 0.3) is 0 Å². The number of ether oxygens (including phenoxy) is 1. The van der Waals surface area contributed by atoms with E-state index in [-0.39, 0.29) is 12.4 Å². The number of hydrogen-bond acceptors (Lipinski definition) is 3. The molecule has 0 N–H and O–H groups in total. The second-order valence-corrected chi connectivity index (χ2v) is 8.35. The van der Waals surface area contributed by atoms with E-state index in [4.69, 9.17) is 4.74 Å². The lowest BCUT2D eigenvalue weighted by molar-refractivity contribution is 0.0559. The summed E-state index contributed by atoms with van der Waals surface area (Å²) < 4.78 is 5.45. The van der Waals surface area contributed by atoms with Gasteiger partial charge >= 0.3 is 0 Å². The molecule has 0 radical (unpaired) electrons. The molecule has 0 bridgehead atoms. The first kappa shape index (κ1) is 22.1. The third-order valence-electron chi connectivity index (χ3n) is 6.63. The number of nitrogens with zero attached hydrogens (tertiary/aromatic N) is 2. The van der Waals surface area contributed by atoms with Crippen LogP contribution in [0.3, 0.4) is 0 Å². The van der Waals surface area contributed by atoms with Crippen molar-refractivity contribution in [3.8, 4) is 5.75 Å². The van der Waals surface area contributed by atoms with Crippen LogP contribution in [0.5, 0.6) is 5.75 Å². The zero-order valence-corrected chi connectivity index (χ0v) is 18.4. The Kier molecular flexibility index (Phi) is 8.40. The van der Waals surface area contributed by atoms with Crippen LogP contribution >= 0.6 is 12.4 Å². The van der Waals surface area contributed by atoms with Gasteiger partial charge in [-0.1, -0.05) is 61.7 Å². The average Bonchev–Trinajstić information content (AvgIpc) is 2.79. The Morgan fingerprint density at radius 3 is 2.31 bits per heavy atom. The molecule has 0 amide bonds. The molecule has 1 saturated carbocycles. The summed E-state index contributed by atoms with van der Waals surface area (Å²) in [4.78, 5) is 5.47. The van der Waals surface area contributed by atoms with Crippen LogP contribution in [0.15, 0.2) is 54.6 Å². The van der Waals surface area contributed by atoms with E-state index in [1.54, 1.807) is 7.11 Å². The second kappa shape index (κ2) is 11.0. The predicted molar refractivity (Wildman–Crippen MR) is 123 cm³/mol. The summed E-state index contributed by atoms with van der Waals surface area (Å²) in [5.41, 5.74) is 2.78. The van der Waals surface area contributed by atoms with Crippen LogP contribution in [-0.2, 0) is 6.42 Å². The summed E-state index contributed by atoms with van der Waals surface area (Å²) in [5, 5.41) is 0. The van der Waals surface area contributed by atoms with Crippen LogP contribution in [0.4, 0.5) is 0 Å². The summed E-state index contributed by atoms with van der Waals surface area (Å²) in [5.74, 6) is 0.950. The van der Waals surface area contributed by atoms with Crippen LogP contribution in [0.2, 0.25) is 0 Å². The fourth-order valence-electron chi connectivity index (χ4n) is 5.02. The van der Waals surface area contributed by atoms with Crippen molar-refractivity contribution in [2.75, 3.05) is 33.3 Å². The normalized spacial score (nSPS) is 20.0. The van der Waals surface area contributed by atoms with Gasteiger partial charge < -0.3 is 4.74 Å². The number of benzene rings is 2. The summed E-state index contributed by atoms with van der Waals surface area (Å²) in [6, 6.07) is 20.9. The van der Waals surface area contributed by atoms with Crippen molar-refractivity contribution in [1.29, 1.82) is 0 Å². The molecule has 158 valence electrons. The van der Waals surface area contributed by atoms with E-state index in [9.17, 15) is 0 Å². The molecule has 2 aliphatic rings. The van der Waals surface area contributed by atoms with Gasteiger partial charge in [0.25, 0.3) is 0 Å². The minimum atomic E-state index is 0. The van der Waals surface area contributed by atoms with Crippen molar-refractivity contribution in [2.45, 2.75) is 50.6 Å². The average molecular weight is 415 g/mol. The van der Waals surface area contributed by atoms with Gasteiger partial charge in [0.2, 0.25) is 0 Å². The third-order valence-corrected chi connectivity index (χ3v) is 6.63. The minimum absolute atomic E-state index is 0. The summed E-state index contributed by atoms with van der Waals surface area (Å²) in [6.07, 6.45) is 8.14. The molecule has 1 aliphatic heterocycles. The summed E-state index contributed by atoms with van der Waals surface area (Å²) in [7, 11) is 1.75. The molecular formula is C25H35ClN2O. The molecule has 2 aromatic rings. The van der Waals surface area contributed by atoms with Crippen LogP contribution in [0.1, 0.15) is 49.3 Å². The highest BCUT2D eigenvalue weighted by molar-refractivity contribution is 5.85. The van der Waals surface area contributed by atoms with Crippen molar-refractivity contribution in [1.82, 2.24) is 9.80 Å².